The smallest absolute Gasteiger partial charge is 0.416 e. The average Bonchev–Trinajstić information content (AvgIpc) is 3.05. The highest BCUT2D eigenvalue weighted by atomic mass is 35.5. The Balaban J connectivity index is 1.88. The molecule has 0 saturated carbocycles. The van der Waals surface area contributed by atoms with Crippen molar-refractivity contribution in [1.29, 1.82) is 0 Å². The van der Waals surface area contributed by atoms with Crippen LogP contribution in [0.15, 0.2) is 108 Å². The third-order valence-electron chi connectivity index (χ3n) is 7.34. The monoisotopic (exact) mass is 701 g/mol. The van der Waals surface area contributed by atoms with E-state index in [1.54, 1.807) is 74.5 Å². The molecule has 8 nitrogen and oxygen atoms in total. The van der Waals surface area contributed by atoms with E-state index in [-0.39, 0.29) is 28.9 Å². The third kappa shape index (κ3) is 9.07. The maximum Gasteiger partial charge on any atom is 0.416 e. The van der Waals surface area contributed by atoms with E-state index in [1.165, 1.54) is 36.3 Å². The minimum Gasteiger partial charge on any atom is -0.497 e. The Morgan fingerprint density at radius 1 is 0.875 bits per heavy atom. The molecular weight excluding hydrogens is 667 g/mol. The van der Waals surface area contributed by atoms with Crippen molar-refractivity contribution in [2.24, 2.45) is 0 Å². The number of nitrogens with one attached hydrogen (secondary N) is 1. The predicted octanol–water partition coefficient (Wildman–Crippen LogP) is 6.73. The maximum atomic E-state index is 14.5. The molecule has 48 heavy (non-hydrogen) atoms. The number of benzene rings is 4. The van der Waals surface area contributed by atoms with E-state index < -0.39 is 51.9 Å². The standard InChI is InChI=1S/C35H35ClF3N3O5S/c1-24(2)40-34(44)32(20-25-11-6-4-7-12-25)41(22-26-13-10-14-28(19-26)47-3)33(43)23-42(48(45,46)29-15-8-5-9-16-29)31-21-27(35(37,38)39)17-18-30(31)36/h4-19,21,24,32H,20,22-23H2,1-3H3,(H,40,44)/t32-/m1/s1. The zero-order chi connectivity index (χ0) is 35.1. The molecule has 0 radical (unpaired) electrons. The molecule has 0 aliphatic heterocycles. The molecule has 0 unspecified atom stereocenters. The number of sulfonamides is 1. The highest BCUT2D eigenvalue weighted by Gasteiger charge is 2.37. The van der Waals surface area contributed by atoms with Gasteiger partial charge in [-0.2, -0.15) is 13.2 Å². The predicted molar refractivity (Wildman–Crippen MR) is 178 cm³/mol. The molecule has 2 amide bonds. The number of hydrogen-bond acceptors (Lipinski definition) is 5. The molecule has 0 fully saturated rings. The van der Waals surface area contributed by atoms with Crippen molar-refractivity contribution in [2.75, 3.05) is 18.0 Å². The molecular formula is C35H35ClF3N3O5S. The van der Waals surface area contributed by atoms with Crippen molar-refractivity contribution in [3.8, 4) is 5.75 Å². The Morgan fingerprint density at radius 2 is 1.50 bits per heavy atom. The van der Waals surface area contributed by atoms with Gasteiger partial charge in [0.15, 0.2) is 0 Å². The van der Waals surface area contributed by atoms with Crippen molar-refractivity contribution in [2.45, 2.75) is 50.0 Å². The molecule has 254 valence electrons. The van der Waals surface area contributed by atoms with E-state index >= 15 is 0 Å². The fourth-order valence-electron chi connectivity index (χ4n) is 5.02. The third-order valence-corrected chi connectivity index (χ3v) is 9.43. The number of carbonyl (C=O) groups is 2. The molecule has 1 N–H and O–H groups in total. The van der Waals surface area contributed by atoms with Crippen LogP contribution in [0.2, 0.25) is 5.02 Å². The van der Waals surface area contributed by atoms with Crippen molar-refractivity contribution in [3.63, 3.8) is 0 Å². The minimum absolute atomic E-state index is 0.0604. The van der Waals surface area contributed by atoms with Gasteiger partial charge in [-0.25, -0.2) is 8.42 Å². The molecule has 0 aliphatic rings. The first-order valence-corrected chi connectivity index (χ1v) is 16.7. The molecule has 0 bridgehead atoms. The highest BCUT2D eigenvalue weighted by molar-refractivity contribution is 7.92. The first-order chi connectivity index (χ1) is 22.7. The maximum absolute atomic E-state index is 14.5. The number of ether oxygens (including phenoxy) is 1. The van der Waals surface area contributed by atoms with Crippen molar-refractivity contribution in [1.82, 2.24) is 10.2 Å². The van der Waals surface area contributed by atoms with E-state index in [2.05, 4.69) is 5.32 Å². The largest absolute Gasteiger partial charge is 0.497 e. The van der Waals surface area contributed by atoms with Crippen molar-refractivity contribution in [3.05, 3.63) is 125 Å². The molecule has 0 aliphatic carbocycles. The van der Waals surface area contributed by atoms with Gasteiger partial charge in [0.2, 0.25) is 11.8 Å². The van der Waals surface area contributed by atoms with Gasteiger partial charge >= 0.3 is 6.18 Å². The van der Waals surface area contributed by atoms with Crippen LogP contribution in [0.4, 0.5) is 18.9 Å². The molecule has 4 rings (SSSR count). The van der Waals surface area contributed by atoms with Crippen LogP contribution < -0.4 is 14.4 Å². The van der Waals surface area contributed by atoms with Crippen LogP contribution in [-0.2, 0) is 38.8 Å². The first-order valence-electron chi connectivity index (χ1n) is 14.9. The number of rotatable bonds is 13. The Kier molecular flexibility index (Phi) is 11.8. The van der Waals surface area contributed by atoms with Gasteiger partial charge in [-0.15, -0.1) is 0 Å². The lowest BCUT2D eigenvalue weighted by molar-refractivity contribution is -0.140. The van der Waals surface area contributed by atoms with Gasteiger partial charge in [0.25, 0.3) is 10.0 Å². The van der Waals surface area contributed by atoms with Crippen LogP contribution in [-0.4, -0.2) is 50.9 Å². The van der Waals surface area contributed by atoms with Crippen LogP contribution in [0.1, 0.15) is 30.5 Å². The SMILES string of the molecule is COc1cccc(CN(C(=O)CN(c2cc(C(F)(F)F)ccc2Cl)S(=O)(=O)c2ccccc2)[C@H](Cc2ccccc2)C(=O)NC(C)C)c1. The second-order valence-corrected chi connectivity index (χ2v) is 13.5. The van der Waals surface area contributed by atoms with E-state index in [9.17, 15) is 31.2 Å². The first kappa shape index (κ1) is 36.3. The topological polar surface area (TPSA) is 96.0 Å². The molecule has 13 heteroatoms. The summed E-state index contributed by atoms with van der Waals surface area (Å²) in [6.07, 6.45) is -4.77. The molecule has 0 saturated heterocycles. The summed E-state index contributed by atoms with van der Waals surface area (Å²) in [7, 11) is -3.19. The molecule has 0 spiro atoms. The number of amides is 2. The Bertz CT molecular complexity index is 1820. The molecule has 4 aromatic rings. The van der Waals surface area contributed by atoms with Gasteiger partial charge in [0.05, 0.1) is 28.3 Å². The van der Waals surface area contributed by atoms with Crippen LogP contribution in [0, 0.1) is 0 Å². The van der Waals surface area contributed by atoms with Crippen molar-refractivity contribution < 1.29 is 35.9 Å². The molecule has 0 heterocycles. The van der Waals surface area contributed by atoms with Gasteiger partial charge in [0, 0.05) is 19.0 Å². The number of anilines is 1. The van der Waals surface area contributed by atoms with Gasteiger partial charge in [-0.05, 0) is 67.4 Å². The summed E-state index contributed by atoms with van der Waals surface area (Å²) in [6, 6.07) is 23.5. The average molecular weight is 702 g/mol. The van der Waals surface area contributed by atoms with Crippen molar-refractivity contribution >= 4 is 39.1 Å². The Hall–Kier alpha value is -4.55. The summed E-state index contributed by atoms with van der Waals surface area (Å²) >= 11 is 6.36. The number of alkyl halides is 3. The van der Waals surface area contributed by atoms with Gasteiger partial charge in [0.1, 0.15) is 18.3 Å². The number of halogens is 4. The highest BCUT2D eigenvalue weighted by Crippen LogP contribution is 2.37. The zero-order valence-corrected chi connectivity index (χ0v) is 28.0. The minimum atomic E-state index is -4.83. The van der Waals surface area contributed by atoms with Crippen LogP contribution in [0.5, 0.6) is 5.75 Å². The van der Waals surface area contributed by atoms with E-state index in [4.69, 9.17) is 16.3 Å². The van der Waals surface area contributed by atoms with Gasteiger partial charge in [-0.3, -0.25) is 13.9 Å². The summed E-state index contributed by atoms with van der Waals surface area (Å²) in [6.45, 7) is 2.39. The number of methoxy groups -OCH3 is 1. The second kappa shape index (κ2) is 15.6. The normalized spacial score (nSPS) is 12.3. The van der Waals surface area contributed by atoms with Gasteiger partial charge in [-0.1, -0.05) is 72.3 Å². The lowest BCUT2D eigenvalue weighted by Gasteiger charge is -2.34. The fraction of sp³-hybridized carbons (Fsp3) is 0.257. The zero-order valence-electron chi connectivity index (χ0n) is 26.4. The summed E-state index contributed by atoms with van der Waals surface area (Å²) in [5.74, 6) is -0.875. The Morgan fingerprint density at radius 3 is 2.10 bits per heavy atom. The quantitative estimate of drug-likeness (QED) is 0.167. The second-order valence-electron chi connectivity index (χ2n) is 11.2. The summed E-state index contributed by atoms with van der Waals surface area (Å²) in [5.41, 5.74) is -0.419. The molecule has 4 aromatic carbocycles. The fourth-order valence-corrected chi connectivity index (χ4v) is 6.73. The summed E-state index contributed by atoms with van der Waals surface area (Å²) < 4.78 is 75.6. The Labute approximate surface area is 283 Å². The summed E-state index contributed by atoms with van der Waals surface area (Å²) in [4.78, 5) is 29.3. The van der Waals surface area contributed by atoms with Crippen LogP contribution >= 0.6 is 11.6 Å². The molecule has 0 aromatic heterocycles. The van der Waals surface area contributed by atoms with Gasteiger partial charge < -0.3 is 15.0 Å². The lowest BCUT2D eigenvalue weighted by Crippen LogP contribution is -2.54. The lowest BCUT2D eigenvalue weighted by atomic mass is 10.0. The number of hydrogen-bond donors (Lipinski definition) is 1. The number of nitrogens with zero attached hydrogens (tertiary/aromatic N) is 2. The van der Waals surface area contributed by atoms with Crippen LogP contribution in [0.25, 0.3) is 0 Å². The molecule has 1 atom stereocenters. The van der Waals surface area contributed by atoms with Crippen LogP contribution in [0.3, 0.4) is 0 Å². The summed E-state index contributed by atoms with van der Waals surface area (Å²) in [5, 5.41) is 2.52. The number of carbonyl (C=O) groups excluding carboxylic acids is 2. The van der Waals surface area contributed by atoms with E-state index in [1.807, 2.05) is 0 Å². The van der Waals surface area contributed by atoms with E-state index in [0.29, 0.717) is 21.7 Å². The van der Waals surface area contributed by atoms with E-state index in [0.717, 1.165) is 17.7 Å².